The average Bonchev–Trinajstić information content (AvgIpc) is 2.97. The van der Waals surface area contributed by atoms with E-state index in [1.807, 2.05) is 29.1 Å². The molecule has 3 rings (SSSR count). The van der Waals surface area contributed by atoms with E-state index in [1.54, 1.807) is 6.20 Å². The average molecular weight is 278 g/mol. The Balaban J connectivity index is 1.78. The van der Waals surface area contributed by atoms with Crippen LogP contribution in [0.1, 0.15) is 31.0 Å². The maximum atomic E-state index is 4.30. The molecule has 106 valence electrons. The van der Waals surface area contributed by atoms with Crippen molar-refractivity contribution in [2.75, 3.05) is 0 Å². The molecule has 0 atom stereocenters. The normalized spacial score (nSPS) is 11.0. The molecule has 4 nitrogen and oxygen atoms in total. The molecule has 0 amide bonds. The van der Waals surface area contributed by atoms with Gasteiger partial charge in [-0.3, -0.25) is 4.98 Å². The largest absolute Gasteiger partial charge is 0.259 e. The highest BCUT2D eigenvalue weighted by Crippen LogP contribution is 2.20. The summed E-state index contributed by atoms with van der Waals surface area (Å²) in [6, 6.07) is 14.4. The standard InChI is InChI=1S/C17H18N4/c1-13(2)14-6-8-15(9-7-14)17-12-21(20-19-17)11-16-5-3-4-10-18-16/h3-10,12-13H,11H2,1-2H3. The van der Waals surface area contributed by atoms with Gasteiger partial charge in [-0.05, 0) is 23.6 Å². The molecule has 0 fully saturated rings. The van der Waals surface area contributed by atoms with Gasteiger partial charge < -0.3 is 0 Å². The molecule has 3 aromatic rings. The van der Waals surface area contributed by atoms with E-state index in [0.717, 1.165) is 17.0 Å². The fraction of sp³-hybridized carbons (Fsp3) is 0.235. The van der Waals surface area contributed by atoms with Gasteiger partial charge in [-0.1, -0.05) is 49.4 Å². The number of aromatic nitrogens is 4. The van der Waals surface area contributed by atoms with Crippen molar-refractivity contribution < 1.29 is 0 Å². The summed E-state index contributed by atoms with van der Waals surface area (Å²) in [6.45, 7) is 5.02. The van der Waals surface area contributed by atoms with Gasteiger partial charge in [0.1, 0.15) is 5.69 Å². The van der Waals surface area contributed by atoms with Gasteiger partial charge >= 0.3 is 0 Å². The van der Waals surface area contributed by atoms with E-state index in [2.05, 4.69) is 53.4 Å². The van der Waals surface area contributed by atoms with E-state index in [9.17, 15) is 0 Å². The predicted molar refractivity (Wildman–Crippen MR) is 82.9 cm³/mol. The van der Waals surface area contributed by atoms with Crippen LogP contribution in [0.15, 0.2) is 54.9 Å². The second kappa shape index (κ2) is 5.87. The maximum absolute atomic E-state index is 4.30. The highest BCUT2D eigenvalue weighted by atomic mass is 15.4. The molecule has 2 aromatic heterocycles. The first-order valence-electron chi connectivity index (χ1n) is 7.13. The van der Waals surface area contributed by atoms with E-state index in [0.29, 0.717) is 12.5 Å². The SMILES string of the molecule is CC(C)c1ccc(-c2cn(Cc3ccccn3)nn2)cc1. The van der Waals surface area contributed by atoms with Crippen LogP contribution >= 0.6 is 0 Å². The molecular weight excluding hydrogens is 260 g/mol. The highest BCUT2D eigenvalue weighted by Gasteiger charge is 2.06. The molecule has 4 heteroatoms. The zero-order valence-corrected chi connectivity index (χ0v) is 12.3. The molecule has 0 unspecified atom stereocenters. The van der Waals surface area contributed by atoms with Crippen LogP contribution in [0.25, 0.3) is 11.3 Å². The van der Waals surface area contributed by atoms with E-state index in [-0.39, 0.29) is 0 Å². The third-order valence-electron chi connectivity index (χ3n) is 3.46. The molecule has 0 saturated carbocycles. The predicted octanol–water partition coefficient (Wildman–Crippen LogP) is 3.51. The molecule has 0 aliphatic heterocycles. The molecule has 0 saturated heterocycles. The zero-order valence-electron chi connectivity index (χ0n) is 12.3. The van der Waals surface area contributed by atoms with Gasteiger partial charge in [-0.25, -0.2) is 4.68 Å². The summed E-state index contributed by atoms with van der Waals surface area (Å²) in [5, 5.41) is 8.41. The van der Waals surface area contributed by atoms with Gasteiger partial charge in [0.25, 0.3) is 0 Å². The second-order valence-electron chi connectivity index (χ2n) is 5.40. The molecule has 2 heterocycles. The lowest BCUT2D eigenvalue weighted by Gasteiger charge is -2.05. The summed E-state index contributed by atoms with van der Waals surface area (Å²) in [5.41, 5.74) is 4.29. The summed E-state index contributed by atoms with van der Waals surface area (Å²) in [7, 11) is 0. The minimum Gasteiger partial charge on any atom is -0.259 e. The van der Waals surface area contributed by atoms with Crippen molar-refractivity contribution in [1.82, 2.24) is 20.0 Å². The molecule has 21 heavy (non-hydrogen) atoms. The summed E-state index contributed by atoms with van der Waals surface area (Å²) in [4.78, 5) is 4.30. The number of pyridine rings is 1. The van der Waals surface area contributed by atoms with E-state index >= 15 is 0 Å². The third-order valence-corrected chi connectivity index (χ3v) is 3.46. The number of hydrogen-bond acceptors (Lipinski definition) is 3. The first kappa shape index (κ1) is 13.5. The van der Waals surface area contributed by atoms with Crippen LogP contribution in [0.4, 0.5) is 0 Å². The van der Waals surface area contributed by atoms with Crippen molar-refractivity contribution in [3.8, 4) is 11.3 Å². The van der Waals surface area contributed by atoms with Gasteiger partial charge in [0.2, 0.25) is 0 Å². The maximum Gasteiger partial charge on any atom is 0.113 e. The Morgan fingerprint density at radius 2 is 1.86 bits per heavy atom. The van der Waals surface area contributed by atoms with Crippen LogP contribution < -0.4 is 0 Å². The Morgan fingerprint density at radius 1 is 1.05 bits per heavy atom. The molecule has 0 bridgehead atoms. The van der Waals surface area contributed by atoms with E-state index < -0.39 is 0 Å². The zero-order chi connectivity index (χ0) is 14.7. The summed E-state index contributed by atoms with van der Waals surface area (Å²) >= 11 is 0. The van der Waals surface area contributed by atoms with Crippen molar-refractivity contribution >= 4 is 0 Å². The van der Waals surface area contributed by atoms with Gasteiger partial charge in [0.15, 0.2) is 0 Å². The number of hydrogen-bond donors (Lipinski definition) is 0. The topological polar surface area (TPSA) is 43.6 Å². The van der Waals surface area contributed by atoms with Crippen molar-refractivity contribution in [1.29, 1.82) is 0 Å². The van der Waals surface area contributed by atoms with Crippen molar-refractivity contribution in [3.63, 3.8) is 0 Å². The molecule has 0 aliphatic carbocycles. The lowest BCUT2D eigenvalue weighted by molar-refractivity contribution is 0.639. The van der Waals surface area contributed by atoms with Crippen molar-refractivity contribution in [2.45, 2.75) is 26.3 Å². The van der Waals surface area contributed by atoms with Crippen LogP contribution in [0, 0.1) is 0 Å². The van der Waals surface area contributed by atoms with Crippen LogP contribution in [-0.4, -0.2) is 20.0 Å². The second-order valence-corrected chi connectivity index (χ2v) is 5.40. The Hall–Kier alpha value is -2.49. The molecule has 0 aliphatic rings. The summed E-state index contributed by atoms with van der Waals surface area (Å²) in [6.07, 6.45) is 3.75. The summed E-state index contributed by atoms with van der Waals surface area (Å²) in [5.74, 6) is 0.541. The first-order chi connectivity index (χ1) is 10.2. The van der Waals surface area contributed by atoms with Gasteiger partial charge in [0.05, 0.1) is 18.4 Å². The molecular formula is C17H18N4. The fourth-order valence-corrected chi connectivity index (χ4v) is 2.20. The third kappa shape index (κ3) is 3.16. The Kier molecular flexibility index (Phi) is 3.77. The Morgan fingerprint density at radius 3 is 2.52 bits per heavy atom. The highest BCUT2D eigenvalue weighted by molar-refractivity contribution is 5.58. The van der Waals surface area contributed by atoms with E-state index in [1.165, 1.54) is 5.56 Å². The minimum atomic E-state index is 0.541. The molecule has 0 spiro atoms. The van der Waals surface area contributed by atoms with Gasteiger partial charge in [0, 0.05) is 11.8 Å². The quantitative estimate of drug-likeness (QED) is 0.733. The van der Waals surface area contributed by atoms with Crippen molar-refractivity contribution in [2.24, 2.45) is 0 Å². The van der Waals surface area contributed by atoms with E-state index in [4.69, 9.17) is 0 Å². The van der Waals surface area contributed by atoms with Crippen LogP contribution in [0.2, 0.25) is 0 Å². The molecule has 1 aromatic carbocycles. The van der Waals surface area contributed by atoms with Gasteiger partial charge in [-0.2, -0.15) is 0 Å². The Labute approximate surface area is 124 Å². The molecule has 0 radical (unpaired) electrons. The van der Waals surface area contributed by atoms with Gasteiger partial charge in [-0.15, -0.1) is 5.10 Å². The van der Waals surface area contributed by atoms with Crippen LogP contribution in [-0.2, 0) is 6.54 Å². The molecule has 0 N–H and O–H groups in total. The first-order valence-corrected chi connectivity index (χ1v) is 7.13. The van der Waals surface area contributed by atoms with Crippen LogP contribution in [0.3, 0.4) is 0 Å². The van der Waals surface area contributed by atoms with Crippen molar-refractivity contribution in [3.05, 3.63) is 66.1 Å². The fourth-order valence-electron chi connectivity index (χ4n) is 2.20. The lowest BCUT2D eigenvalue weighted by atomic mass is 10.0. The Bertz CT molecular complexity index is 699. The summed E-state index contributed by atoms with van der Waals surface area (Å²) < 4.78 is 1.81. The monoisotopic (exact) mass is 278 g/mol. The number of rotatable bonds is 4. The lowest BCUT2D eigenvalue weighted by Crippen LogP contribution is -2.01. The van der Waals surface area contributed by atoms with Crippen LogP contribution in [0.5, 0.6) is 0 Å². The number of nitrogens with zero attached hydrogens (tertiary/aromatic N) is 4. The minimum absolute atomic E-state index is 0.541. The smallest absolute Gasteiger partial charge is 0.113 e. The number of benzene rings is 1.